The fourth-order valence-electron chi connectivity index (χ4n) is 7.32. The maximum Gasteiger partial charge on any atom is 0.407 e. The van der Waals surface area contributed by atoms with E-state index in [1.807, 2.05) is 32.8 Å². The number of cyclic esters (lactones) is 1. The van der Waals surface area contributed by atoms with E-state index >= 15 is 0 Å². The van der Waals surface area contributed by atoms with Gasteiger partial charge >= 0.3 is 12.1 Å². The van der Waals surface area contributed by atoms with E-state index in [1.165, 1.54) is 21.0 Å². The van der Waals surface area contributed by atoms with Crippen LogP contribution in [0.2, 0.25) is 0 Å². The number of esters is 1. The van der Waals surface area contributed by atoms with Gasteiger partial charge in [-0.2, -0.15) is 0 Å². The summed E-state index contributed by atoms with van der Waals surface area (Å²) in [7, 11) is 5.21. The van der Waals surface area contributed by atoms with Gasteiger partial charge in [0.1, 0.15) is 29.7 Å². The summed E-state index contributed by atoms with van der Waals surface area (Å²) in [5.41, 5.74) is -3.23. The highest BCUT2D eigenvalue weighted by molar-refractivity contribution is 5.83. The first-order chi connectivity index (χ1) is 22.3. The highest BCUT2D eigenvalue weighted by atomic mass is 16.7. The van der Waals surface area contributed by atoms with Gasteiger partial charge in [0.15, 0.2) is 6.29 Å². The molecule has 2 aliphatic rings. The van der Waals surface area contributed by atoms with Crippen molar-refractivity contribution in [3.8, 4) is 0 Å². The third-order valence-corrected chi connectivity index (χ3v) is 10.5. The number of methoxy groups -OCH3 is 1. The van der Waals surface area contributed by atoms with Gasteiger partial charge in [0, 0.05) is 37.5 Å². The van der Waals surface area contributed by atoms with Gasteiger partial charge in [-0.25, -0.2) is 4.79 Å². The summed E-state index contributed by atoms with van der Waals surface area (Å²) in [6.45, 7) is 15.6. The highest BCUT2D eigenvalue weighted by Crippen LogP contribution is 2.40. The first-order valence-electron chi connectivity index (χ1n) is 17.6. The third-order valence-electron chi connectivity index (χ3n) is 10.5. The molecule has 0 bridgehead atoms. The molecule has 0 saturated carbocycles. The van der Waals surface area contributed by atoms with Crippen molar-refractivity contribution < 1.29 is 53.4 Å². The molecule has 0 radical (unpaired) electrons. The van der Waals surface area contributed by atoms with Crippen LogP contribution in [0.4, 0.5) is 4.79 Å². The second-order valence-electron chi connectivity index (χ2n) is 14.7. The summed E-state index contributed by atoms with van der Waals surface area (Å²) >= 11 is 0. The number of carbonyl (C=O) groups excluding carboxylic acids is 3. The molecule has 2 fully saturated rings. The zero-order chi connectivity index (χ0) is 36.7. The number of amides is 1. The Kier molecular flexibility index (Phi) is 15.7. The van der Waals surface area contributed by atoms with Gasteiger partial charge in [-0.1, -0.05) is 41.0 Å². The molecule has 0 spiro atoms. The molecule has 2 rings (SSSR count). The van der Waals surface area contributed by atoms with Crippen molar-refractivity contribution in [2.75, 3.05) is 27.7 Å². The van der Waals surface area contributed by atoms with Crippen LogP contribution in [0, 0.1) is 23.7 Å². The second kappa shape index (κ2) is 17.9. The number of aliphatic hydroxyl groups is 3. The summed E-state index contributed by atoms with van der Waals surface area (Å²) in [5, 5.41) is 37.0. The van der Waals surface area contributed by atoms with E-state index in [-0.39, 0.29) is 30.8 Å². The first kappa shape index (κ1) is 42.3. The molecule has 0 aliphatic carbocycles. The molecule has 280 valence electrons. The molecule has 0 aromatic rings. The van der Waals surface area contributed by atoms with Gasteiger partial charge in [0.25, 0.3) is 0 Å². The van der Waals surface area contributed by atoms with Crippen LogP contribution in [0.15, 0.2) is 0 Å². The van der Waals surface area contributed by atoms with E-state index in [1.54, 1.807) is 34.6 Å². The van der Waals surface area contributed by atoms with Crippen molar-refractivity contribution in [2.24, 2.45) is 23.7 Å². The molecular formula is C35H64N2O11. The van der Waals surface area contributed by atoms with E-state index in [2.05, 4.69) is 5.32 Å². The topological polar surface area (TPSA) is 173 Å². The van der Waals surface area contributed by atoms with Gasteiger partial charge in [-0.3, -0.25) is 9.59 Å². The predicted octanol–water partition coefficient (Wildman–Crippen LogP) is 3.05. The summed E-state index contributed by atoms with van der Waals surface area (Å²) in [6, 6.07) is -0.284. The monoisotopic (exact) mass is 688 g/mol. The van der Waals surface area contributed by atoms with Crippen LogP contribution in [-0.4, -0.2) is 126 Å². The van der Waals surface area contributed by atoms with Gasteiger partial charge in [0.2, 0.25) is 0 Å². The minimum atomic E-state index is -1.97. The van der Waals surface area contributed by atoms with Crippen molar-refractivity contribution in [2.45, 2.75) is 155 Å². The van der Waals surface area contributed by atoms with Gasteiger partial charge in [0.05, 0.1) is 29.8 Å². The molecule has 4 N–H and O–H groups in total. The number of Topliss-reactive ketones (excluding diaryl/α,β-unsaturated/α-hetero) is 1. The predicted molar refractivity (Wildman–Crippen MR) is 179 cm³/mol. The van der Waals surface area contributed by atoms with Crippen molar-refractivity contribution in [3.05, 3.63) is 0 Å². The second-order valence-corrected chi connectivity index (χ2v) is 14.7. The number of rotatable bonds is 9. The van der Waals surface area contributed by atoms with Crippen LogP contribution < -0.4 is 5.32 Å². The van der Waals surface area contributed by atoms with Gasteiger partial charge in [-0.05, 0) is 67.5 Å². The number of nitrogens with zero attached hydrogens (tertiary/aromatic N) is 1. The van der Waals surface area contributed by atoms with E-state index in [0.717, 1.165) is 12.8 Å². The average molecular weight is 689 g/mol. The number of unbranched alkanes of at least 4 members (excludes halogenated alkanes) is 1. The molecule has 0 unspecified atom stereocenters. The van der Waals surface area contributed by atoms with E-state index in [4.69, 9.17) is 23.7 Å². The quantitative estimate of drug-likeness (QED) is 0.206. The fourth-order valence-corrected chi connectivity index (χ4v) is 7.32. The Hall–Kier alpha value is -1.87. The number of alkyl carbamates (subject to hydrolysis) is 1. The van der Waals surface area contributed by atoms with Crippen LogP contribution >= 0.6 is 0 Å². The van der Waals surface area contributed by atoms with E-state index < -0.39 is 83.7 Å². The number of likely N-dealkylation sites (N-methyl/N-ethyl adjacent to an activating group) is 1. The van der Waals surface area contributed by atoms with E-state index in [9.17, 15) is 29.7 Å². The maximum absolute atomic E-state index is 13.8. The van der Waals surface area contributed by atoms with Crippen LogP contribution in [0.25, 0.3) is 0 Å². The molecule has 14 atom stereocenters. The lowest BCUT2D eigenvalue weighted by Crippen LogP contribution is -2.60. The number of aliphatic hydroxyl groups excluding tert-OH is 2. The molecule has 0 aromatic heterocycles. The number of carbonyl (C=O) groups is 3. The molecule has 13 heteroatoms. The lowest BCUT2D eigenvalue weighted by molar-refractivity contribution is -0.301. The molecule has 2 heterocycles. The smallest absolute Gasteiger partial charge is 0.407 e. The summed E-state index contributed by atoms with van der Waals surface area (Å²) in [4.78, 5) is 42.7. The number of hydrogen-bond acceptors (Lipinski definition) is 12. The van der Waals surface area contributed by atoms with Gasteiger partial charge < -0.3 is 49.2 Å². The molecule has 48 heavy (non-hydrogen) atoms. The van der Waals surface area contributed by atoms with Crippen LogP contribution in [-0.2, 0) is 33.3 Å². The minimum Gasteiger partial charge on any atom is -0.459 e. The zero-order valence-corrected chi connectivity index (χ0v) is 31.2. The Balaban J connectivity index is 2.75. The Morgan fingerprint density at radius 1 is 1.06 bits per heavy atom. The minimum absolute atomic E-state index is 0.0947. The molecule has 2 aliphatic heterocycles. The van der Waals surface area contributed by atoms with Crippen LogP contribution in [0.1, 0.15) is 94.4 Å². The van der Waals surface area contributed by atoms with E-state index in [0.29, 0.717) is 13.0 Å². The summed E-state index contributed by atoms with van der Waals surface area (Å²) in [5.74, 6) is -4.68. The molecule has 2 saturated heterocycles. The number of hydrogen-bond donors (Lipinski definition) is 4. The van der Waals surface area contributed by atoms with Crippen molar-refractivity contribution >= 4 is 17.8 Å². The van der Waals surface area contributed by atoms with Crippen LogP contribution in [0.5, 0.6) is 0 Å². The first-order valence-corrected chi connectivity index (χ1v) is 17.6. The third kappa shape index (κ3) is 9.88. The van der Waals surface area contributed by atoms with Gasteiger partial charge in [-0.15, -0.1) is 0 Å². The molecule has 13 nitrogen and oxygen atoms in total. The van der Waals surface area contributed by atoms with Crippen molar-refractivity contribution in [3.63, 3.8) is 0 Å². The zero-order valence-electron chi connectivity index (χ0n) is 31.2. The lowest BCUT2D eigenvalue weighted by atomic mass is 9.74. The Bertz CT molecular complexity index is 1060. The molecule has 1 amide bonds. The standard InChI is InChI=1S/C35H64N2O11/c1-13-15-16-36-33(42)47-28-22(6)30(48-32-27(39)24(37(10)11)17-20(4)45-32)34(8,44-12)18-19(3)26(38)21(5)29(40)35(9,43)25(14-2)46-31(41)23(28)7/h19-25,27-30,32,39-40,43H,13-18H2,1-12H3,(H,36,42)/t19-,20-,21+,22+,23-,24+,25-,27-,28+,29-,30-,32+,34-,35-/m1/s1. The Morgan fingerprint density at radius 2 is 1.69 bits per heavy atom. The Labute approximate surface area is 287 Å². The average Bonchev–Trinajstić information content (AvgIpc) is 3.03. The molecular weight excluding hydrogens is 624 g/mol. The number of nitrogens with one attached hydrogen (secondary N) is 1. The molecule has 0 aromatic carbocycles. The van der Waals surface area contributed by atoms with Crippen molar-refractivity contribution in [1.29, 1.82) is 0 Å². The normalized spacial score (nSPS) is 42.2. The SMILES string of the molecule is CCCCNC(=O)O[C@H]1[C@H](C)[C@@H](O[C@@H]2O[C@H](C)C[C@H](N(C)C)[C@H]2O)[C@](C)(OC)C[C@@H](C)C(=O)[C@H](C)[C@@H](O)[C@](C)(O)[C@@H](CC)OC(=O)[C@@H]1C. The fraction of sp³-hybridized carbons (Fsp3) is 0.914. The highest BCUT2D eigenvalue weighted by Gasteiger charge is 2.52. The van der Waals surface area contributed by atoms with Crippen molar-refractivity contribution in [1.82, 2.24) is 10.2 Å². The summed E-state index contributed by atoms with van der Waals surface area (Å²) < 4.78 is 30.8. The Morgan fingerprint density at radius 3 is 2.23 bits per heavy atom. The lowest BCUT2D eigenvalue weighted by Gasteiger charge is -2.48. The van der Waals surface area contributed by atoms with Crippen LogP contribution in [0.3, 0.4) is 0 Å². The largest absolute Gasteiger partial charge is 0.459 e. The number of ether oxygens (including phenoxy) is 5. The summed E-state index contributed by atoms with van der Waals surface area (Å²) in [6.07, 6.45) is -5.67. The number of ketones is 1. The maximum atomic E-state index is 13.8.